The predicted octanol–water partition coefficient (Wildman–Crippen LogP) is 3.81. The minimum atomic E-state index is -0.233. The Morgan fingerprint density at radius 1 is 1.11 bits per heavy atom. The maximum absolute atomic E-state index is 12.1. The third-order valence-corrected chi connectivity index (χ3v) is 5.39. The molecule has 0 aliphatic heterocycles. The van der Waals surface area contributed by atoms with E-state index in [4.69, 9.17) is 16.1 Å². The van der Waals surface area contributed by atoms with Gasteiger partial charge in [0.1, 0.15) is 0 Å². The molecule has 0 saturated heterocycles. The topological polar surface area (TPSA) is 89.6 Å². The number of aromatic nitrogens is 5. The van der Waals surface area contributed by atoms with Gasteiger partial charge in [0, 0.05) is 6.54 Å². The lowest BCUT2D eigenvalue weighted by molar-refractivity contribution is 0.425. The van der Waals surface area contributed by atoms with Gasteiger partial charge < -0.3 is 4.52 Å². The monoisotopic (exact) mass is 413 g/mol. The first-order valence-electron chi connectivity index (χ1n) is 8.60. The summed E-state index contributed by atoms with van der Waals surface area (Å²) in [6.07, 6.45) is 0.743. The van der Waals surface area contributed by atoms with E-state index >= 15 is 0 Å². The largest absolute Gasteiger partial charge is 0.343 e. The van der Waals surface area contributed by atoms with Crippen LogP contribution in [0.3, 0.4) is 0 Å². The molecule has 0 spiro atoms. The summed E-state index contributed by atoms with van der Waals surface area (Å²) in [5.41, 5.74) is 1.62. The molecule has 1 N–H and O–H groups in total. The first-order valence-corrected chi connectivity index (χ1v) is 9.96. The number of thioether (sulfide) groups is 1. The van der Waals surface area contributed by atoms with Crippen molar-refractivity contribution in [3.8, 4) is 11.5 Å². The maximum Gasteiger partial charge on any atom is 0.343 e. The third-order valence-electron chi connectivity index (χ3n) is 4.09. The fourth-order valence-corrected chi connectivity index (χ4v) is 3.71. The third kappa shape index (κ3) is 4.18. The number of nitrogens with one attached hydrogen (secondary N) is 1. The van der Waals surface area contributed by atoms with E-state index in [1.54, 1.807) is 10.6 Å². The van der Waals surface area contributed by atoms with Gasteiger partial charge in [-0.1, -0.05) is 71.0 Å². The van der Waals surface area contributed by atoms with E-state index in [-0.39, 0.29) is 5.69 Å². The Hall–Kier alpha value is -2.84. The number of aromatic amines is 1. The summed E-state index contributed by atoms with van der Waals surface area (Å²) in [4.78, 5) is 16.4. The second-order valence-electron chi connectivity index (χ2n) is 5.98. The first-order chi connectivity index (χ1) is 13.7. The highest BCUT2D eigenvalue weighted by Gasteiger charge is 2.14. The number of hydrogen-bond donors (Lipinski definition) is 1. The van der Waals surface area contributed by atoms with Gasteiger partial charge in [-0.2, -0.15) is 4.98 Å². The normalized spacial score (nSPS) is 11.0. The molecule has 2 aromatic carbocycles. The molecular formula is C19H16ClN5O2S. The molecule has 9 heteroatoms. The molecule has 0 radical (unpaired) electrons. The van der Waals surface area contributed by atoms with Crippen molar-refractivity contribution < 1.29 is 4.52 Å². The molecule has 0 aliphatic rings. The molecule has 0 fully saturated rings. The van der Waals surface area contributed by atoms with Crippen molar-refractivity contribution in [2.45, 2.75) is 23.9 Å². The van der Waals surface area contributed by atoms with Crippen LogP contribution in [-0.4, -0.2) is 24.9 Å². The lowest BCUT2D eigenvalue weighted by Crippen LogP contribution is -2.18. The summed E-state index contributed by atoms with van der Waals surface area (Å²) in [6, 6.07) is 17.3. The van der Waals surface area contributed by atoms with E-state index in [0.29, 0.717) is 39.8 Å². The van der Waals surface area contributed by atoms with Gasteiger partial charge in [0.25, 0.3) is 5.89 Å². The minimum absolute atomic E-state index is 0.233. The molecule has 0 bridgehead atoms. The lowest BCUT2D eigenvalue weighted by atomic mass is 10.1. The highest BCUT2D eigenvalue weighted by molar-refractivity contribution is 7.98. The Morgan fingerprint density at radius 2 is 1.89 bits per heavy atom. The standard InChI is InChI=1S/C19H16ClN5O2S/c20-15-9-5-4-8-14(15)17-21-16(24-27-17)12-28-19-23-22-18(26)25(19)11-10-13-6-2-1-3-7-13/h1-9H,10-12H2,(H,22,26). The highest BCUT2D eigenvalue weighted by Crippen LogP contribution is 2.27. The van der Waals surface area contributed by atoms with Crippen molar-refractivity contribution in [1.29, 1.82) is 0 Å². The molecule has 0 aliphatic carbocycles. The van der Waals surface area contributed by atoms with Crippen LogP contribution >= 0.6 is 23.4 Å². The van der Waals surface area contributed by atoms with Crippen molar-refractivity contribution in [1.82, 2.24) is 24.9 Å². The fraction of sp³-hybridized carbons (Fsp3) is 0.158. The summed E-state index contributed by atoms with van der Waals surface area (Å²) >= 11 is 7.54. The van der Waals surface area contributed by atoms with Crippen molar-refractivity contribution >= 4 is 23.4 Å². The van der Waals surface area contributed by atoms with Gasteiger partial charge in [0.2, 0.25) is 0 Å². The van der Waals surface area contributed by atoms with E-state index in [1.165, 1.54) is 11.8 Å². The van der Waals surface area contributed by atoms with E-state index in [2.05, 4.69) is 20.3 Å². The molecule has 0 atom stereocenters. The predicted molar refractivity (Wildman–Crippen MR) is 107 cm³/mol. The van der Waals surface area contributed by atoms with E-state index < -0.39 is 0 Å². The van der Waals surface area contributed by atoms with Crippen molar-refractivity contribution in [2.75, 3.05) is 0 Å². The number of hydrogen-bond acceptors (Lipinski definition) is 6. The zero-order valence-electron chi connectivity index (χ0n) is 14.7. The Labute approximate surface area is 169 Å². The zero-order valence-corrected chi connectivity index (χ0v) is 16.3. The van der Waals surface area contributed by atoms with Crippen molar-refractivity contribution in [3.05, 3.63) is 81.5 Å². The summed E-state index contributed by atoms with van der Waals surface area (Å²) in [5, 5.41) is 11.7. The van der Waals surface area contributed by atoms with Gasteiger partial charge in [0.15, 0.2) is 11.0 Å². The number of H-pyrrole nitrogens is 1. The van der Waals surface area contributed by atoms with Gasteiger partial charge in [-0.05, 0) is 24.1 Å². The molecule has 7 nitrogen and oxygen atoms in total. The fourth-order valence-electron chi connectivity index (χ4n) is 2.68. The molecule has 2 heterocycles. The molecule has 0 saturated carbocycles. The molecular weight excluding hydrogens is 398 g/mol. The van der Waals surface area contributed by atoms with Crippen LogP contribution in [0.1, 0.15) is 11.4 Å². The zero-order chi connectivity index (χ0) is 19.3. The number of halogens is 1. The van der Waals surface area contributed by atoms with Crippen LogP contribution in [0.5, 0.6) is 0 Å². The van der Waals surface area contributed by atoms with Crippen molar-refractivity contribution in [3.63, 3.8) is 0 Å². The van der Waals surface area contributed by atoms with Gasteiger partial charge in [-0.25, -0.2) is 9.89 Å². The Bertz CT molecular complexity index is 1120. The van der Waals surface area contributed by atoms with E-state index in [1.807, 2.05) is 48.5 Å². The van der Waals surface area contributed by atoms with Crippen LogP contribution in [0.2, 0.25) is 5.02 Å². The minimum Gasteiger partial charge on any atom is -0.334 e. The summed E-state index contributed by atoms with van der Waals surface area (Å²) in [5.74, 6) is 1.29. The second-order valence-corrected chi connectivity index (χ2v) is 7.33. The Balaban J connectivity index is 1.43. The molecule has 2 aromatic heterocycles. The van der Waals surface area contributed by atoms with Crippen LogP contribution in [0.25, 0.3) is 11.5 Å². The molecule has 4 rings (SSSR count). The highest BCUT2D eigenvalue weighted by atomic mass is 35.5. The summed E-state index contributed by atoms with van der Waals surface area (Å²) in [6.45, 7) is 0.540. The number of rotatable bonds is 7. The van der Waals surface area contributed by atoms with Gasteiger partial charge in [0.05, 0.1) is 16.3 Å². The number of aryl methyl sites for hydroxylation is 1. The average molecular weight is 414 g/mol. The van der Waals surface area contributed by atoms with E-state index in [0.717, 1.165) is 12.0 Å². The molecule has 4 aromatic rings. The average Bonchev–Trinajstić information content (AvgIpc) is 3.32. The molecule has 142 valence electrons. The quantitative estimate of drug-likeness (QED) is 0.463. The van der Waals surface area contributed by atoms with Crippen LogP contribution in [0.15, 0.2) is 69.1 Å². The Morgan fingerprint density at radius 3 is 2.71 bits per heavy atom. The van der Waals surface area contributed by atoms with Gasteiger partial charge in [-0.15, -0.1) is 5.10 Å². The first kappa shape index (κ1) is 18.5. The van der Waals surface area contributed by atoms with E-state index in [9.17, 15) is 4.79 Å². The Kier molecular flexibility index (Phi) is 5.59. The second kappa shape index (κ2) is 8.45. The van der Waals surface area contributed by atoms with Crippen LogP contribution in [0, 0.1) is 0 Å². The number of nitrogens with zero attached hydrogens (tertiary/aromatic N) is 4. The molecule has 0 amide bonds. The SMILES string of the molecule is O=c1[nH]nc(SCc2noc(-c3ccccc3Cl)n2)n1CCc1ccccc1. The maximum atomic E-state index is 12.1. The van der Waals surface area contributed by atoms with Gasteiger partial charge in [-0.3, -0.25) is 4.57 Å². The van der Waals surface area contributed by atoms with Gasteiger partial charge >= 0.3 is 5.69 Å². The summed E-state index contributed by atoms with van der Waals surface area (Å²) < 4.78 is 6.92. The summed E-state index contributed by atoms with van der Waals surface area (Å²) in [7, 11) is 0. The molecule has 0 unspecified atom stereocenters. The van der Waals surface area contributed by atoms with Crippen LogP contribution in [0.4, 0.5) is 0 Å². The van der Waals surface area contributed by atoms with Crippen LogP contribution in [-0.2, 0) is 18.7 Å². The lowest BCUT2D eigenvalue weighted by Gasteiger charge is -2.04. The van der Waals surface area contributed by atoms with Crippen molar-refractivity contribution in [2.24, 2.45) is 0 Å². The number of benzene rings is 2. The smallest absolute Gasteiger partial charge is 0.334 e. The van der Waals surface area contributed by atoms with Crippen LogP contribution < -0.4 is 5.69 Å². The molecule has 28 heavy (non-hydrogen) atoms.